The van der Waals surface area contributed by atoms with E-state index in [9.17, 15) is 8.42 Å². The Kier molecular flexibility index (Phi) is 3.93. The van der Waals surface area contributed by atoms with Crippen molar-refractivity contribution in [3.8, 4) is 11.6 Å². The second-order valence-corrected chi connectivity index (χ2v) is 7.52. The lowest BCUT2D eigenvalue weighted by Crippen LogP contribution is -2.12. The van der Waals surface area contributed by atoms with Crippen LogP contribution in [0.3, 0.4) is 0 Å². The molecule has 0 unspecified atom stereocenters. The van der Waals surface area contributed by atoms with Gasteiger partial charge in [-0.2, -0.15) is 0 Å². The third kappa shape index (κ3) is 3.16. The Balaban J connectivity index is 1.66. The van der Waals surface area contributed by atoms with Crippen molar-refractivity contribution in [2.24, 2.45) is 0 Å². The van der Waals surface area contributed by atoms with Crippen molar-refractivity contribution in [1.29, 1.82) is 0 Å². The van der Waals surface area contributed by atoms with Crippen LogP contribution in [0.1, 0.15) is 5.56 Å². The summed E-state index contributed by atoms with van der Waals surface area (Å²) in [7, 11) is -3.66. The summed E-state index contributed by atoms with van der Waals surface area (Å²) < 4.78 is 33.3. The van der Waals surface area contributed by atoms with Crippen LogP contribution >= 0.6 is 0 Å². The van der Waals surface area contributed by atoms with Crippen LogP contribution in [0.25, 0.3) is 22.7 Å². The van der Waals surface area contributed by atoms with Crippen LogP contribution in [0.15, 0.2) is 76.2 Å². The first kappa shape index (κ1) is 16.3. The van der Waals surface area contributed by atoms with Crippen LogP contribution in [0.5, 0.6) is 0 Å². The first-order valence-electron chi connectivity index (χ1n) is 7.93. The molecule has 130 valence electrons. The molecule has 26 heavy (non-hydrogen) atoms. The fourth-order valence-electron chi connectivity index (χ4n) is 2.52. The molecule has 0 saturated carbocycles. The first-order chi connectivity index (χ1) is 12.5. The number of benzene rings is 2. The normalized spacial score (nSPS) is 11.6. The van der Waals surface area contributed by atoms with Crippen LogP contribution < -0.4 is 4.72 Å². The minimum atomic E-state index is -3.66. The standard InChI is InChI=1S/C19H15N3O3S/c1-13-5-8-15(9-6-13)26(23,24)22-14-7-10-18-17(12-14)21-19(25-18)16-4-2-3-11-20-16/h2-12,22H,1H3. The lowest BCUT2D eigenvalue weighted by molar-refractivity contribution is 0.601. The van der Waals surface area contributed by atoms with E-state index in [4.69, 9.17) is 4.42 Å². The van der Waals surface area contributed by atoms with Gasteiger partial charge >= 0.3 is 0 Å². The molecule has 0 spiro atoms. The molecule has 1 N–H and O–H groups in total. The zero-order valence-electron chi connectivity index (χ0n) is 13.9. The van der Waals surface area contributed by atoms with Crippen molar-refractivity contribution in [2.45, 2.75) is 11.8 Å². The number of hydrogen-bond donors (Lipinski definition) is 1. The number of aromatic nitrogens is 2. The Morgan fingerprint density at radius 2 is 1.81 bits per heavy atom. The number of nitrogens with zero attached hydrogens (tertiary/aromatic N) is 2. The van der Waals surface area contributed by atoms with Crippen molar-refractivity contribution in [3.05, 3.63) is 72.4 Å². The summed E-state index contributed by atoms with van der Waals surface area (Å²) in [4.78, 5) is 8.81. The van der Waals surface area contributed by atoms with E-state index in [-0.39, 0.29) is 4.90 Å². The van der Waals surface area contributed by atoms with Gasteiger partial charge in [0.1, 0.15) is 11.2 Å². The lowest BCUT2D eigenvalue weighted by atomic mass is 10.2. The third-order valence-electron chi connectivity index (χ3n) is 3.86. The van der Waals surface area contributed by atoms with E-state index in [0.717, 1.165) is 5.56 Å². The van der Waals surface area contributed by atoms with Gasteiger partial charge in [-0.15, -0.1) is 0 Å². The zero-order chi connectivity index (χ0) is 18.1. The van der Waals surface area contributed by atoms with E-state index in [1.54, 1.807) is 54.7 Å². The molecule has 0 radical (unpaired) electrons. The van der Waals surface area contributed by atoms with Gasteiger partial charge in [-0.05, 0) is 49.4 Å². The summed E-state index contributed by atoms with van der Waals surface area (Å²) in [5.74, 6) is 0.388. The number of sulfonamides is 1. The summed E-state index contributed by atoms with van der Waals surface area (Å²) in [6, 6.07) is 17.1. The number of rotatable bonds is 4. The van der Waals surface area contributed by atoms with Crippen LogP contribution in [0.2, 0.25) is 0 Å². The van der Waals surface area contributed by atoms with E-state index in [1.807, 2.05) is 19.1 Å². The Labute approximate surface area is 150 Å². The van der Waals surface area contributed by atoms with Gasteiger partial charge in [0.05, 0.1) is 10.6 Å². The largest absolute Gasteiger partial charge is 0.435 e. The molecule has 0 amide bonds. The third-order valence-corrected chi connectivity index (χ3v) is 5.25. The molecular formula is C19H15N3O3S. The summed E-state index contributed by atoms with van der Waals surface area (Å²) >= 11 is 0. The summed E-state index contributed by atoms with van der Waals surface area (Å²) in [6.07, 6.45) is 1.66. The predicted molar refractivity (Wildman–Crippen MR) is 99.2 cm³/mol. The van der Waals surface area contributed by atoms with E-state index >= 15 is 0 Å². The maximum atomic E-state index is 12.5. The molecule has 0 bridgehead atoms. The minimum Gasteiger partial charge on any atom is -0.435 e. The maximum absolute atomic E-state index is 12.5. The van der Waals surface area contributed by atoms with E-state index in [2.05, 4.69) is 14.7 Å². The van der Waals surface area contributed by atoms with Gasteiger partial charge in [-0.25, -0.2) is 13.4 Å². The Bertz CT molecular complexity index is 1170. The van der Waals surface area contributed by atoms with Crippen LogP contribution in [0, 0.1) is 6.92 Å². The Hall–Kier alpha value is -3.19. The highest BCUT2D eigenvalue weighted by Crippen LogP contribution is 2.26. The molecule has 0 atom stereocenters. The van der Waals surface area contributed by atoms with Gasteiger partial charge in [0.25, 0.3) is 10.0 Å². The molecule has 0 saturated heterocycles. The van der Waals surface area contributed by atoms with Gasteiger partial charge in [-0.3, -0.25) is 9.71 Å². The number of pyridine rings is 1. The SMILES string of the molecule is Cc1ccc(S(=O)(=O)Nc2ccc3oc(-c4ccccn4)nc3c2)cc1. The number of aryl methyl sites for hydroxylation is 1. The minimum absolute atomic E-state index is 0.206. The number of fused-ring (bicyclic) bond motifs is 1. The zero-order valence-corrected chi connectivity index (χ0v) is 14.7. The monoisotopic (exact) mass is 365 g/mol. The highest BCUT2D eigenvalue weighted by atomic mass is 32.2. The average Bonchev–Trinajstić information content (AvgIpc) is 3.06. The molecule has 6 nitrogen and oxygen atoms in total. The molecular weight excluding hydrogens is 350 g/mol. The van der Waals surface area contributed by atoms with E-state index < -0.39 is 10.0 Å². The number of nitrogens with one attached hydrogen (secondary N) is 1. The van der Waals surface area contributed by atoms with Gasteiger partial charge in [-0.1, -0.05) is 23.8 Å². The number of hydrogen-bond acceptors (Lipinski definition) is 5. The Morgan fingerprint density at radius 1 is 1.00 bits per heavy atom. The Morgan fingerprint density at radius 3 is 2.54 bits per heavy atom. The molecule has 0 aliphatic rings. The van der Waals surface area contributed by atoms with Gasteiger partial charge in [0.15, 0.2) is 5.58 Å². The maximum Gasteiger partial charge on any atom is 0.261 e. The molecule has 2 aromatic heterocycles. The highest BCUT2D eigenvalue weighted by Gasteiger charge is 2.15. The quantitative estimate of drug-likeness (QED) is 0.591. The summed E-state index contributed by atoms with van der Waals surface area (Å²) in [5.41, 5.74) is 3.14. The van der Waals surface area contributed by atoms with Gasteiger partial charge in [0.2, 0.25) is 5.89 Å². The fourth-order valence-corrected chi connectivity index (χ4v) is 3.57. The molecule has 4 aromatic rings. The first-order valence-corrected chi connectivity index (χ1v) is 9.41. The van der Waals surface area contributed by atoms with E-state index in [0.29, 0.717) is 28.4 Å². The number of oxazole rings is 1. The summed E-state index contributed by atoms with van der Waals surface area (Å²) in [5, 5.41) is 0. The fraction of sp³-hybridized carbons (Fsp3) is 0.0526. The molecule has 0 aliphatic carbocycles. The highest BCUT2D eigenvalue weighted by molar-refractivity contribution is 7.92. The topological polar surface area (TPSA) is 85.1 Å². The average molecular weight is 365 g/mol. The molecule has 0 fully saturated rings. The lowest BCUT2D eigenvalue weighted by Gasteiger charge is -2.08. The number of anilines is 1. The van der Waals surface area contributed by atoms with Crippen molar-refractivity contribution in [2.75, 3.05) is 4.72 Å². The van der Waals surface area contributed by atoms with Crippen LogP contribution in [-0.4, -0.2) is 18.4 Å². The van der Waals surface area contributed by atoms with Crippen molar-refractivity contribution >= 4 is 26.8 Å². The summed E-state index contributed by atoms with van der Waals surface area (Å²) in [6.45, 7) is 1.90. The van der Waals surface area contributed by atoms with Crippen molar-refractivity contribution in [3.63, 3.8) is 0 Å². The molecule has 2 heterocycles. The van der Waals surface area contributed by atoms with E-state index in [1.165, 1.54) is 0 Å². The molecule has 0 aliphatic heterocycles. The molecule has 4 rings (SSSR count). The van der Waals surface area contributed by atoms with Crippen LogP contribution in [-0.2, 0) is 10.0 Å². The van der Waals surface area contributed by atoms with Crippen molar-refractivity contribution in [1.82, 2.24) is 9.97 Å². The second kappa shape index (κ2) is 6.27. The second-order valence-electron chi connectivity index (χ2n) is 5.84. The van der Waals surface area contributed by atoms with Crippen molar-refractivity contribution < 1.29 is 12.8 Å². The van der Waals surface area contributed by atoms with Crippen LogP contribution in [0.4, 0.5) is 5.69 Å². The molecule has 7 heteroatoms. The smallest absolute Gasteiger partial charge is 0.261 e. The molecule has 2 aromatic carbocycles. The predicted octanol–water partition coefficient (Wildman–Crippen LogP) is 4.00. The van der Waals surface area contributed by atoms with Gasteiger partial charge < -0.3 is 4.42 Å². The van der Waals surface area contributed by atoms with Gasteiger partial charge in [0, 0.05) is 6.20 Å².